The topological polar surface area (TPSA) is 119 Å². The predicted molar refractivity (Wildman–Crippen MR) is 117 cm³/mol. The van der Waals surface area contributed by atoms with Crippen LogP contribution in [0.5, 0.6) is 0 Å². The normalized spacial score (nSPS) is 18.7. The molecule has 4 rings (SSSR count). The van der Waals surface area contributed by atoms with Gasteiger partial charge in [0.1, 0.15) is 6.10 Å². The molecule has 9 nitrogen and oxygen atoms in total. The number of rotatable bonds is 6. The first kappa shape index (κ1) is 23.6. The molecule has 0 bridgehead atoms. The third-order valence-corrected chi connectivity index (χ3v) is 6.26. The van der Waals surface area contributed by atoms with Gasteiger partial charge in [-0.05, 0) is 38.8 Å². The average molecular weight is 473 g/mol. The highest BCUT2D eigenvalue weighted by molar-refractivity contribution is 5.88. The number of hydrogen-bond donors (Lipinski definition) is 2. The second kappa shape index (κ2) is 8.66. The quantitative estimate of drug-likeness (QED) is 0.613. The highest BCUT2D eigenvalue weighted by atomic mass is 19.3. The lowest BCUT2D eigenvalue weighted by Gasteiger charge is -2.38. The van der Waals surface area contributed by atoms with Crippen LogP contribution in [-0.2, 0) is 16.6 Å². The number of ether oxygens (including phenoxy) is 1. The number of aliphatic carboxylic acids is 1. The van der Waals surface area contributed by atoms with Crippen LogP contribution < -0.4 is 5.32 Å². The van der Waals surface area contributed by atoms with E-state index in [9.17, 15) is 18.4 Å². The number of hydrogen-bond acceptors (Lipinski definition) is 6. The molecule has 2 heterocycles. The number of nitrogens with one attached hydrogen (secondary N) is 1. The van der Waals surface area contributed by atoms with Gasteiger partial charge in [0.15, 0.2) is 11.5 Å². The van der Waals surface area contributed by atoms with Gasteiger partial charge in [0.05, 0.1) is 17.8 Å². The summed E-state index contributed by atoms with van der Waals surface area (Å²) in [6.45, 7) is 3.37. The number of halogens is 2. The van der Waals surface area contributed by atoms with Crippen molar-refractivity contribution in [1.29, 1.82) is 0 Å². The van der Waals surface area contributed by atoms with Crippen LogP contribution in [0, 0.1) is 30.1 Å². The summed E-state index contributed by atoms with van der Waals surface area (Å²) in [7, 11) is 1.59. The van der Waals surface area contributed by atoms with Gasteiger partial charge in [-0.3, -0.25) is 10.1 Å². The molecule has 0 aliphatic heterocycles. The van der Waals surface area contributed by atoms with Crippen LogP contribution in [0.4, 0.5) is 19.4 Å². The van der Waals surface area contributed by atoms with Gasteiger partial charge in [0.2, 0.25) is 5.92 Å². The molecule has 2 aliphatic rings. The number of aromatic nitrogens is 4. The molecule has 2 aromatic rings. The van der Waals surface area contributed by atoms with Crippen molar-refractivity contribution in [2.75, 3.05) is 5.32 Å². The number of pyridine rings is 1. The number of aryl methyl sites for hydroxylation is 2. The molecule has 1 unspecified atom stereocenters. The maximum Gasteiger partial charge on any atom is 0.413 e. The summed E-state index contributed by atoms with van der Waals surface area (Å²) in [5.74, 6) is 2.44. The van der Waals surface area contributed by atoms with Crippen LogP contribution >= 0.6 is 0 Å². The van der Waals surface area contributed by atoms with E-state index in [1.165, 1.54) is 4.68 Å². The summed E-state index contributed by atoms with van der Waals surface area (Å²) in [4.78, 5) is 27.9. The van der Waals surface area contributed by atoms with Gasteiger partial charge < -0.3 is 9.84 Å². The largest absolute Gasteiger partial charge is 0.481 e. The van der Waals surface area contributed by atoms with Crippen LogP contribution in [0.2, 0.25) is 0 Å². The molecule has 2 N–H and O–H groups in total. The van der Waals surface area contributed by atoms with Crippen LogP contribution in [0.3, 0.4) is 0 Å². The van der Waals surface area contributed by atoms with Crippen molar-refractivity contribution in [3.05, 3.63) is 23.4 Å². The number of carboxylic acid groups (broad SMARTS) is 1. The Kier molecular flexibility index (Phi) is 6.02. The molecule has 0 aromatic carbocycles. The molecule has 1 amide bonds. The molecule has 180 valence electrons. The van der Waals surface area contributed by atoms with Gasteiger partial charge in [-0.25, -0.2) is 23.2 Å². The van der Waals surface area contributed by atoms with Crippen molar-refractivity contribution in [1.82, 2.24) is 20.0 Å². The number of alkyl halides is 2. The van der Waals surface area contributed by atoms with Gasteiger partial charge in [-0.1, -0.05) is 17.1 Å². The fourth-order valence-electron chi connectivity index (χ4n) is 3.91. The van der Waals surface area contributed by atoms with Gasteiger partial charge in [-0.2, -0.15) is 0 Å². The van der Waals surface area contributed by atoms with E-state index in [1.807, 2.05) is 0 Å². The van der Waals surface area contributed by atoms with Gasteiger partial charge in [0.25, 0.3) is 0 Å². The van der Waals surface area contributed by atoms with Gasteiger partial charge in [0, 0.05) is 36.8 Å². The van der Waals surface area contributed by atoms with Crippen LogP contribution in [-0.4, -0.2) is 49.2 Å². The van der Waals surface area contributed by atoms with E-state index in [4.69, 9.17) is 9.84 Å². The second-order valence-electron chi connectivity index (χ2n) is 9.10. The molecular formula is C23H25F2N5O4. The van der Waals surface area contributed by atoms with Crippen molar-refractivity contribution in [3.8, 4) is 23.2 Å². The zero-order valence-corrected chi connectivity index (χ0v) is 19.1. The van der Waals surface area contributed by atoms with Gasteiger partial charge in [-0.15, -0.1) is 5.10 Å². The molecule has 0 saturated heterocycles. The Morgan fingerprint density at radius 2 is 2.06 bits per heavy atom. The third-order valence-electron chi connectivity index (χ3n) is 6.26. The van der Waals surface area contributed by atoms with Crippen LogP contribution in [0.1, 0.15) is 50.3 Å². The number of nitrogens with zero attached hydrogens (tertiary/aromatic N) is 4. The molecule has 0 spiro atoms. The lowest BCUT2D eigenvalue weighted by molar-refractivity contribution is -0.138. The Balaban J connectivity index is 1.46. The van der Waals surface area contributed by atoms with E-state index in [0.29, 0.717) is 22.6 Å². The average Bonchev–Trinajstić information content (AvgIpc) is 3.39. The van der Waals surface area contributed by atoms with Crippen molar-refractivity contribution in [2.24, 2.45) is 18.4 Å². The zero-order chi connectivity index (χ0) is 24.7. The number of carbonyl (C=O) groups is 2. The van der Waals surface area contributed by atoms with E-state index in [-0.39, 0.29) is 31.0 Å². The minimum absolute atomic E-state index is 0.0249. The summed E-state index contributed by atoms with van der Waals surface area (Å²) in [6, 6.07) is 3.45. The van der Waals surface area contributed by atoms with Crippen LogP contribution in [0.15, 0.2) is 12.1 Å². The number of anilines is 1. The Labute approximate surface area is 194 Å². The zero-order valence-electron chi connectivity index (χ0n) is 19.1. The van der Waals surface area contributed by atoms with E-state index in [0.717, 1.165) is 12.8 Å². The predicted octanol–water partition coefficient (Wildman–Crippen LogP) is 3.77. The molecule has 2 aromatic heterocycles. The molecule has 11 heteroatoms. The highest BCUT2D eigenvalue weighted by Crippen LogP contribution is 2.48. The Morgan fingerprint density at radius 3 is 2.65 bits per heavy atom. The second-order valence-corrected chi connectivity index (χ2v) is 9.10. The van der Waals surface area contributed by atoms with E-state index in [2.05, 4.69) is 32.5 Å². The third kappa shape index (κ3) is 5.16. The molecular weight excluding hydrogens is 448 g/mol. The van der Waals surface area contributed by atoms with Crippen molar-refractivity contribution in [2.45, 2.75) is 58.0 Å². The van der Waals surface area contributed by atoms with Crippen LogP contribution in [0.25, 0.3) is 11.4 Å². The van der Waals surface area contributed by atoms with Gasteiger partial charge >= 0.3 is 12.1 Å². The number of amides is 1. The van der Waals surface area contributed by atoms with Crippen molar-refractivity contribution in [3.63, 3.8) is 0 Å². The SMILES string of the molecule is Cc1nc(-c2nnn(C)c2NC(=O)OC(C)C2CC(F)(F)C2)ccc1C#CC1(CC(=O)O)CC1. The fourth-order valence-corrected chi connectivity index (χ4v) is 3.91. The fraction of sp³-hybridized carbons (Fsp3) is 0.522. The monoisotopic (exact) mass is 473 g/mol. The van der Waals surface area contributed by atoms with E-state index in [1.54, 1.807) is 33.0 Å². The maximum atomic E-state index is 13.1. The van der Waals surface area contributed by atoms with E-state index < -0.39 is 29.5 Å². The Hall–Kier alpha value is -3.55. The summed E-state index contributed by atoms with van der Waals surface area (Å²) in [5, 5.41) is 19.6. The summed E-state index contributed by atoms with van der Waals surface area (Å²) in [6.07, 6.45) is -0.477. The van der Waals surface area contributed by atoms with Crippen molar-refractivity contribution >= 4 is 17.9 Å². The first-order valence-electron chi connectivity index (χ1n) is 11.0. The van der Waals surface area contributed by atoms with Crippen molar-refractivity contribution < 1.29 is 28.2 Å². The minimum Gasteiger partial charge on any atom is -0.481 e. The number of carboxylic acids is 1. The molecule has 2 fully saturated rings. The first-order valence-corrected chi connectivity index (χ1v) is 11.0. The minimum atomic E-state index is -2.69. The maximum absolute atomic E-state index is 13.1. The smallest absolute Gasteiger partial charge is 0.413 e. The summed E-state index contributed by atoms with van der Waals surface area (Å²) in [5.41, 5.74) is 1.60. The first-order chi connectivity index (χ1) is 16.0. The Bertz CT molecular complexity index is 1190. The molecule has 2 saturated carbocycles. The molecule has 0 radical (unpaired) electrons. The standard InChI is InChI=1S/C23H25F2N5O4/c1-13-15(6-7-22(8-9-22)12-18(31)32)4-5-17(26-13)19-20(30(3)29-28-19)27-21(33)34-14(2)16-10-23(24,25)11-16/h4-5,14,16H,8-12H2,1-3H3,(H,27,33)(H,31,32). The summed E-state index contributed by atoms with van der Waals surface area (Å²) >= 11 is 0. The Morgan fingerprint density at radius 1 is 1.35 bits per heavy atom. The van der Waals surface area contributed by atoms with E-state index >= 15 is 0 Å². The lowest BCUT2D eigenvalue weighted by Crippen LogP contribution is -2.43. The molecule has 34 heavy (non-hydrogen) atoms. The number of carbonyl (C=O) groups excluding carboxylic acids is 1. The summed E-state index contributed by atoms with van der Waals surface area (Å²) < 4.78 is 32.8. The highest BCUT2D eigenvalue weighted by Gasteiger charge is 2.48. The lowest BCUT2D eigenvalue weighted by atomic mass is 9.78. The molecule has 2 aliphatic carbocycles. The molecule has 1 atom stereocenters.